The van der Waals surface area contributed by atoms with Crippen LogP contribution in [0.3, 0.4) is 0 Å². The summed E-state index contributed by atoms with van der Waals surface area (Å²) < 4.78 is 14.0. The molecule has 4 aromatic heterocycles. The summed E-state index contributed by atoms with van der Waals surface area (Å²) in [6.45, 7) is 2.84. The van der Waals surface area contributed by atoms with Crippen LogP contribution in [0.1, 0.15) is 11.1 Å². The highest BCUT2D eigenvalue weighted by Crippen LogP contribution is 2.15. The van der Waals surface area contributed by atoms with Crippen LogP contribution in [0.2, 0.25) is 0 Å². The summed E-state index contributed by atoms with van der Waals surface area (Å²) in [7, 11) is 0. The first-order chi connectivity index (χ1) is 16.8. The molecule has 170 valence electrons. The summed E-state index contributed by atoms with van der Waals surface area (Å²) in [5.41, 5.74) is 2.09. The van der Waals surface area contributed by atoms with Crippen molar-refractivity contribution in [2.75, 3.05) is 42.7 Å². The zero-order chi connectivity index (χ0) is 23.2. The van der Waals surface area contributed by atoms with Gasteiger partial charge in [-0.05, 0) is 0 Å². The van der Waals surface area contributed by atoms with Crippen molar-refractivity contribution in [2.24, 2.45) is 0 Å². The molecule has 34 heavy (non-hydrogen) atoms. The zero-order valence-corrected chi connectivity index (χ0v) is 18.2. The molecule has 0 aromatic carbocycles. The van der Waals surface area contributed by atoms with Crippen LogP contribution in [0.25, 0.3) is 11.4 Å². The molecule has 12 heteroatoms. The second-order valence-electron chi connectivity index (χ2n) is 7.41. The minimum atomic E-state index is -0.473. The number of piperazine rings is 1. The Labute approximate surface area is 194 Å². The molecular weight excluding hydrogens is 437 g/mol. The number of hydrogen-bond donors (Lipinski definition) is 0. The highest BCUT2D eigenvalue weighted by molar-refractivity contribution is 5.52. The minimum absolute atomic E-state index is 0.210. The lowest BCUT2D eigenvalue weighted by molar-refractivity contribution is 0.427. The van der Waals surface area contributed by atoms with Gasteiger partial charge in [0.2, 0.25) is 11.9 Å². The van der Waals surface area contributed by atoms with Crippen molar-refractivity contribution in [1.29, 1.82) is 0 Å². The molecular formula is C22H20FN11. The van der Waals surface area contributed by atoms with Gasteiger partial charge in [0, 0.05) is 57.2 Å². The minimum Gasteiger partial charge on any atom is -0.337 e. The van der Waals surface area contributed by atoms with E-state index in [9.17, 15) is 4.39 Å². The Kier molecular flexibility index (Phi) is 6.24. The fourth-order valence-electron chi connectivity index (χ4n) is 3.43. The van der Waals surface area contributed by atoms with Crippen molar-refractivity contribution < 1.29 is 4.39 Å². The summed E-state index contributed by atoms with van der Waals surface area (Å²) in [6, 6.07) is 0. The van der Waals surface area contributed by atoms with Crippen LogP contribution in [-0.2, 0) is 6.54 Å². The van der Waals surface area contributed by atoms with E-state index in [1.807, 2.05) is 0 Å². The average Bonchev–Trinajstić information content (AvgIpc) is 3.38. The lowest BCUT2D eigenvalue weighted by atomic mass is 10.2. The zero-order valence-electron chi connectivity index (χ0n) is 18.2. The van der Waals surface area contributed by atoms with Crippen molar-refractivity contribution in [3.8, 4) is 23.2 Å². The molecule has 0 atom stereocenters. The van der Waals surface area contributed by atoms with Crippen molar-refractivity contribution in [1.82, 2.24) is 44.7 Å². The quantitative estimate of drug-likeness (QED) is 0.402. The summed E-state index contributed by atoms with van der Waals surface area (Å²) >= 11 is 0. The van der Waals surface area contributed by atoms with Gasteiger partial charge in [-0.1, -0.05) is 11.8 Å². The van der Waals surface area contributed by atoms with Gasteiger partial charge < -0.3 is 9.80 Å². The Balaban J connectivity index is 1.18. The van der Waals surface area contributed by atoms with Gasteiger partial charge in [-0.2, -0.15) is 5.10 Å². The van der Waals surface area contributed by atoms with E-state index in [2.05, 4.69) is 61.6 Å². The lowest BCUT2D eigenvalue weighted by Crippen LogP contribution is -2.47. The third-order valence-corrected chi connectivity index (χ3v) is 5.17. The molecule has 1 aliphatic rings. The summed E-state index contributed by atoms with van der Waals surface area (Å²) in [5.74, 6) is 7.93. The Morgan fingerprint density at radius 1 is 0.735 bits per heavy atom. The number of alkyl halides is 1. The van der Waals surface area contributed by atoms with Crippen LogP contribution in [0.4, 0.5) is 16.3 Å². The Bertz CT molecular complexity index is 1270. The molecule has 4 aromatic rings. The number of aryl methyl sites for hydroxylation is 1. The SMILES string of the molecule is FCCn1cc(-c2ncc(C#Cc3cnc(N4CCN(c5ncncn5)CC4)nc3)cn2)cn1. The maximum atomic E-state index is 12.4. The van der Waals surface area contributed by atoms with Crippen LogP contribution < -0.4 is 9.80 Å². The molecule has 0 bridgehead atoms. The van der Waals surface area contributed by atoms with Gasteiger partial charge in [-0.15, -0.1) is 0 Å². The van der Waals surface area contributed by atoms with Gasteiger partial charge in [0.15, 0.2) is 5.82 Å². The standard InChI is InChI=1S/C22H20FN11/c23-3-4-34-14-19(13-31-34)20-25-9-17(10-26-20)1-2-18-11-27-21(28-12-18)32-5-7-33(8-6-32)22-29-15-24-16-30-22/h9-16H,3-8H2. The van der Waals surface area contributed by atoms with E-state index in [0.717, 1.165) is 31.7 Å². The van der Waals surface area contributed by atoms with Gasteiger partial charge in [-0.3, -0.25) is 4.68 Å². The number of rotatable bonds is 5. The first kappa shape index (κ1) is 21.3. The van der Waals surface area contributed by atoms with Gasteiger partial charge in [0.1, 0.15) is 19.3 Å². The number of halogens is 1. The smallest absolute Gasteiger partial charge is 0.228 e. The topological polar surface area (TPSA) is 115 Å². The van der Waals surface area contributed by atoms with Gasteiger partial charge in [-0.25, -0.2) is 39.3 Å². The predicted molar refractivity (Wildman–Crippen MR) is 121 cm³/mol. The molecule has 1 saturated heterocycles. The Morgan fingerprint density at radius 2 is 1.29 bits per heavy atom. The summed E-state index contributed by atoms with van der Waals surface area (Å²) in [6.07, 6.45) is 13.0. The number of anilines is 2. The van der Waals surface area contributed by atoms with Gasteiger partial charge in [0.05, 0.1) is 29.4 Å². The fourth-order valence-corrected chi connectivity index (χ4v) is 3.43. The molecule has 0 saturated carbocycles. The second kappa shape index (κ2) is 9.95. The van der Waals surface area contributed by atoms with E-state index in [4.69, 9.17) is 0 Å². The highest BCUT2D eigenvalue weighted by Gasteiger charge is 2.20. The van der Waals surface area contributed by atoms with E-state index in [-0.39, 0.29) is 6.54 Å². The van der Waals surface area contributed by atoms with E-state index >= 15 is 0 Å². The highest BCUT2D eigenvalue weighted by atomic mass is 19.1. The van der Waals surface area contributed by atoms with Crippen LogP contribution >= 0.6 is 0 Å². The van der Waals surface area contributed by atoms with Crippen LogP contribution in [0.5, 0.6) is 0 Å². The van der Waals surface area contributed by atoms with E-state index < -0.39 is 6.67 Å². The van der Waals surface area contributed by atoms with Crippen LogP contribution in [0.15, 0.2) is 49.8 Å². The molecule has 0 aliphatic carbocycles. The predicted octanol–water partition coefficient (Wildman–Crippen LogP) is 1.01. The van der Waals surface area contributed by atoms with Crippen molar-refractivity contribution in [2.45, 2.75) is 6.54 Å². The van der Waals surface area contributed by atoms with E-state index in [1.165, 1.54) is 17.3 Å². The van der Waals surface area contributed by atoms with Crippen molar-refractivity contribution in [3.63, 3.8) is 0 Å². The first-order valence-electron chi connectivity index (χ1n) is 10.7. The monoisotopic (exact) mass is 457 g/mol. The molecule has 1 fully saturated rings. The average molecular weight is 457 g/mol. The molecule has 0 radical (unpaired) electrons. The molecule has 11 nitrogen and oxygen atoms in total. The molecule has 1 aliphatic heterocycles. The molecule has 0 amide bonds. The van der Waals surface area contributed by atoms with Crippen molar-refractivity contribution in [3.05, 3.63) is 61.0 Å². The molecule has 5 rings (SSSR count). The van der Waals surface area contributed by atoms with Crippen molar-refractivity contribution >= 4 is 11.9 Å². The number of aromatic nitrogens is 9. The van der Waals surface area contributed by atoms with Crippen LogP contribution in [0, 0.1) is 11.8 Å². The fraction of sp³-hybridized carbons (Fsp3) is 0.273. The number of nitrogens with zero attached hydrogens (tertiary/aromatic N) is 11. The Morgan fingerprint density at radius 3 is 1.88 bits per heavy atom. The number of hydrogen-bond acceptors (Lipinski definition) is 10. The molecule has 0 unspecified atom stereocenters. The maximum absolute atomic E-state index is 12.4. The second-order valence-corrected chi connectivity index (χ2v) is 7.41. The van der Waals surface area contributed by atoms with E-state index in [0.29, 0.717) is 28.8 Å². The Hall–Kier alpha value is -4.53. The van der Waals surface area contributed by atoms with Crippen LogP contribution in [-0.4, -0.2) is 77.5 Å². The summed E-state index contributed by atoms with van der Waals surface area (Å²) in [5, 5.41) is 4.08. The first-order valence-corrected chi connectivity index (χ1v) is 10.7. The van der Waals surface area contributed by atoms with E-state index in [1.54, 1.807) is 37.2 Å². The van der Waals surface area contributed by atoms with Gasteiger partial charge >= 0.3 is 0 Å². The maximum Gasteiger partial charge on any atom is 0.228 e. The molecule has 5 heterocycles. The summed E-state index contributed by atoms with van der Waals surface area (Å²) in [4.78, 5) is 34.1. The normalized spacial score (nSPS) is 13.4. The molecule has 0 N–H and O–H groups in total. The third-order valence-electron chi connectivity index (χ3n) is 5.17. The lowest BCUT2D eigenvalue weighted by Gasteiger charge is -2.34. The third kappa shape index (κ3) is 4.93. The van der Waals surface area contributed by atoms with Gasteiger partial charge in [0.25, 0.3) is 0 Å². The largest absolute Gasteiger partial charge is 0.337 e. The molecule has 0 spiro atoms.